The van der Waals surface area contributed by atoms with Gasteiger partial charge in [-0.1, -0.05) is 76.8 Å². The number of fused-ring (bicyclic) bond motifs is 3. The van der Waals surface area contributed by atoms with Gasteiger partial charge in [0.25, 0.3) is 0 Å². The van der Waals surface area contributed by atoms with Gasteiger partial charge in [0.2, 0.25) is 0 Å². The van der Waals surface area contributed by atoms with Crippen molar-refractivity contribution in [3.05, 3.63) is 40.3 Å². The molecule has 2 atom stereocenters. The zero-order valence-corrected chi connectivity index (χ0v) is 23.4. The minimum Gasteiger partial charge on any atom is -0.332 e. The molecule has 0 fully saturated rings. The van der Waals surface area contributed by atoms with E-state index in [2.05, 4.69) is 103 Å². The number of thiophene rings is 1. The number of hydrogen-bond donors (Lipinski definition) is 1. The third kappa shape index (κ3) is 5.72. The predicted octanol–water partition coefficient (Wildman–Crippen LogP) is 9.29. The Labute approximate surface area is 196 Å². The molecule has 0 aliphatic heterocycles. The molecule has 2 unspecified atom stereocenters. The molecule has 31 heavy (non-hydrogen) atoms. The second-order valence-corrected chi connectivity index (χ2v) is 17.6. The van der Waals surface area contributed by atoms with Gasteiger partial charge in [0.05, 0.1) is 0 Å². The molecule has 0 radical (unpaired) electrons. The number of nitrogens with one attached hydrogen (secondary N) is 1. The van der Waals surface area contributed by atoms with Crippen LogP contribution in [0.15, 0.2) is 29.8 Å². The average molecular weight is 456 g/mol. The van der Waals surface area contributed by atoms with Crippen molar-refractivity contribution < 1.29 is 0 Å². The van der Waals surface area contributed by atoms with Crippen molar-refractivity contribution in [3.8, 4) is 0 Å². The van der Waals surface area contributed by atoms with Crippen LogP contribution in [-0.4, -0.2) is 13.8 Å². The molecule has 1 aromatic heterocycles. The number of hydrogen-bond acceptors (Lipinski definition) is 2. The smallest absolute Gasteiger partial charge is 0.135 e. The van der Waals surface area contributed by atoms with E-state index >= 15 is 0 Å². The molecule has 0 bridgehead atoms. The number of rotatable bonds is 8. The van der Waals surface area contributed by atoms with Crippen LogP contribution < -0.4 is 4.98 Å². The first kappa shape index (κ1) is 24.7. The van der Waals surface area contributed by atoms with E-state index in [1.165, 1.54) is 53.8 Å². The highest BCUT2D eigenvalue weighted by Gasteiger charge is 2.46. The number of allylic oxidation sites excluding steroid dienone is 2. The van der Waals surface area contributed by atoms with Gasteiger partial charge in [-0.3, -0.25) is 0 Å². The third-order valence-corrected chi connectivity index (χ3v) is 13.1. The van der Waals surface area contributed by atoms with Crippen molar-refractivity contribution in [3.63, 3.8) is 0 Å². The van der Waals surface area contributed by atoms with E-state index in [0.717, 1.165) is 0 Å². The molecule has 1 nitrogen and oxygen atoms in total. The lowest BCUT2D eigenvalue weighted by molar-refractivity contribution is 0.357. The van der Waals surface area contributed by atoms with Crippen LogP contribution in [-0.2, 0) is 0 Å². The first-order chi connectivity index (χ1) is 14.3. The second kappa shape index (κ2) is 9.15. The van der Waals surface area contributed by atoms with Crippen LogP contribution in [0.2, 0.25) is 12.6 Å². The summed E-state index contributed by atoms with van der Waals surface area (Å²) >= 11 is 2.06. The van der Waals surface area contributed by atoms with Crippen LogP contribution in [0, 0.1) is 5.41 Å². The maximum atomic E-state index is 4.24. The molecule has 1 heterocycles. The molecule has 172 valence electrons. The quantitative estimate of drug-likeness (QED) is 0.309. The van der Waals surface area contributed by atoms with Gasteiger partial charge >= 0.3 is 0 Å². The highest BCUT2D eigenvalue weighted by atomic mass is 32.1. The van der Waals surface area contributed by atoms with Gasteiger partial charge in [0.1, 0.15) is 8.24 Å². The molecule has 3 heteroatoms. The number of benzene rings is 1. The van der Waals surface area contributed by atoms with Gasteiger partial charge < -0.3 is 4.98 Å². The highest BCUT2D eigenvalue weighted by molar-refractivity contribution is 7.20. The van der Waals surface area contributed by atoms with Gasteiger partial charge in [0, 0.05) is 26.0 Å². The van der Waals surface area contributed by atoms with E-state index in [0.29, 0.717) is 11.0 Å². The van der Waals surface area contributed by atoms with Crippen LogP contribution in [0.1, 0.15) is 103 Å². The van der Waals surface area contributed by atoms with E-state index < -0.39 is 8.24 Å². The van der Waals surface area contributed by atoms with Crippen molar-refractivity contribution in [2.45, 2.75) is 111 Å². The molecule has 0 saturated carbocycles. The van der Waals surface area contributed by atoms with Crippen molar-refractivity contribution in [1.82, 2.24) is 4.98 Å². The summed E-state index contributed by atoms with van der Waals surface area (Å²) in [5.41, 5.74) is 5.96. The average Bonchev–Trinajstić information content (AvgIpc) is 3.11. The third-order valence-electron chi connectivity index (χ3n) is 6.96. The standard InChI is InChI=1S/C28H45NSSi/c1-20-21(2)26(25-24(20)22-16-12-13-17-23(22)30-25)31(9,29-28(6,7)8)19-15-11-10-14-18-27(3,4)5/h12-13,16-17,26,29H,10-11,14-15,18-19H2,1-9H3. The fourth-order valence-electron chi connectivity index (χ4n) is 5.67. The van der Waals surface area contributed by atoms with Crippen molar-refractivity contribution in [2.75, 3.05) is 0 Å². The molecule has 3 rings (SSSR count). The summed E-state index contributed by atoms with van der Waals surface area (Å²) in [6, 6.07) is 10.4. The van der Waals surface area contributed by atoms with Gasteiger partial charge in [0.15, 0.2) is 0 Å². The Kier molecular flexibility index (Phi) is 7.30. The van der Waals surface area contributed by atoms with Crippen LogP contribution in [0.5, 0.6) is 0 Å². The Morgan fingerprint density at radius 3 is 2.23 bits per heavy atom. The molecule has 2 aromatic rings. The van der Waals surface area contributed by atoms with Gasteiger partial charge in [-0.15, -0.1) is 11.3 Å². The van der Waals surface area contributed by atoms with E-state index in [4.69, 9.17) is 0 Å². The first-order valence-electron chi connectivity index (χ1n) is 12.3. The molecule has 0 amide bonds. The zero-order valence-electron chi connectivity index (χ0n) is 21.5. The van der Waals surface area contributed by atoms with E-state index in [1.807, 2.05) is 0 Å². The summed E-state index contributed by atoms with van der Waals surface area (Å²) in [6.07, 6.45) is 6.83. The van der Waals surface area contributed by atoms with E-state index in [9.17, 15) is 0 Å². The maximum absolute atomic E-state index is 4.24. The summed E-state index contributed by atoms with van der Waals surface area (Å²) < 4.78 is 1.46. The minimum atomic E-state index is -1.77. The van der Waals surface area contributed by atoms with Crippen molar-refractivity contribution in [1.29, 1.82) is 0 Å². The summed E-state index contributed by atoms with van der Waals surface area (Å²) in [6.45, 7) is 21.6. The van der Waals surface area contributed by atoms with Crippen LogP contribution in [0.4, 0.5) is 0 Å². The fourth-order valence-corrected chi connectivity index (χ4v) is 13.1. The summed E-state index contributed by atoms with van der Waals surface area (Å²) in [5.74, 6) is 0. The van der Waals surface area contributed by atoms with E-state index in [1.54, 1.807) is 16.0 Å². The molecule has 0 spiro atoms. The van der Waals surface area contributed by atoms with Gasteiger partial charge in [-0.05, 0) is 69.7 Å². The van der Waals surface area contributed by atoms with Crippen molar-refractivity contribution >= 4 is 35.2 Å². The maximum Gasteiger partial charge on any atom is 0.135 e. The monoisotopic (exact) mass is 455 g/mol. The van der Waals surface area contributed by atoms with Crippen LogP contribution in [0.25, 0.3) is 15.7 Å². The Bertz CT molecular complexity index is 940. The fraction of sp³-hybridized carbons (Fsp3) is 0.643. The Balaban J connectivity index is 1.84. The molecule has 1 aliphatic carbocycles. The van der Waals surface area contributed by atoms with Crippen LogP contribution >= 0.6 is 11.3 Å². The van der Waals surface area contributed by atoms with E-state index in [-0.39, 0.29) is 5.54 Å². The highest BCUT2D eigenvalue weighted by Crippen LogP contribution is 2.53. The van der Waals surface area contributed by atoms with Gasteiger partial charge in [-0.25, -0.2) is 0 Å². The first-order valence-corrected chi connectivity index (χ1v) is 15.9. The lowest BCUT2D eigenvalue weighted by Gasteiger charge is -2.41. The molecular weight excluding hydrogens is 410 g/mol. The minimum absolute atomic E-state index is 0.154. The largest absolute Gasteiger partial charge is 0.332 e. The normalized spacial score (nSPS) is 19.2. The predicted molar refractivity (Wildman–Crippen MR) is 145 cm³/mol. The Morgan fingerprint density at radius 2 is 1.58 bits per heavy atom. The second-order valence-electron chi connectivity index (χ2n) is 12.3. The van der Waals surface area contributed by atoms with Crippen LogP contribution in [0.3, 0.4) is 0 Å². The molecule has 1 N–H and O–H groups in total. The SMILES string of the molecule is CC1=C(C)C([Si](C)(CCCCCCC(C)(C)C)NC(C)(C)C)c2sc3ccccc3c21. The topological polar surface area (TPSA) is 12.0 Å². The Morgan fingerprint density at radius 1 is 0.935 bits per heavy atom. The zero-order chi connectivity index (χ0) is 23.0. The Hall–Kier alpha value is -0.903. The molecule has 0 saturated heterocycles. The summed E-state index contributed by atoms with van der Waals surface area (Å²) in [5, 5.41) is 1.47. The lowest BCUT2D eigenvalue weighted by atomic mass is 9.89. The van der Waals surface area contributed by atoms with Gasteiger partial charge in [-0.2, -0.15) is 0 Å². The molecule has 1 aromatic carbocycles. The number of unbranched alkanes of at least 4 members (excludes halogenated alkanes) is 3. The summed E-state index contributed by atoms with van der Waals surface area (Å²) in [7, 11) is -1.77. The molecule has 1 aliphatic rings. The molecular formula is C28H45NSSi. The summed E-state index contributed by atoms with van der Waals surface area (Å²) in [4.78, 5) is 5.89. The lowest BCUT2D eigenvalue weighted by Crippen LogP contribution is -2.60. The van der Waals surface area contributed by atoms with Crippen molar-refractivity contribution in [2.24, 2.45) is 5.41 Å².